The summed E-state index contributed by atoms with van der Waals surface area (Å²) in [5.41, 5.74) is 0. The summed E-state index contributed by atoms with van der Waals surface area (Å²) in [5, 5.41) is 3.72. The average Bonchev–Trinajstić information content (AvgIpc) is 2.28. The van der Waals surface area contributed by atoms with Crippen molar-refractivity contribution in [1.82, 2.24) is 10.2 Å². The van der Waals surface area contributed by atoms with Crippen molar-refractivity contribution in [3.8, 4) is 0 Å². The van der Waals surface area contributed by atoms with Gasteiger partial charge in [-0.05, 0) is 31.2 Å². The smallest absolute Gasteiger partial charge is 0.0246 e. The van der Waals surface area contributed by atoms with E-state index in [-0.39, 0.29) is 0 Å². The molecule has 2 unspecified atom stereocenters. The summed E-state index contributed by atoms with van der Waals surface area (Å²) >= 11 is 0. The van der Waals surface area contributed by atoms with Crippen LogP contribution in [-0.4, -0.2) is 36.6 Å². The lowest BCUT2D eigenvalue weighted by atomic mass is 9.97. The Bertz CT molecular complexity index is 185. The van der Waals surface area contributed by atoms with Gasteiger partial charge in [0.2, 0.25) is 0 Å². The van der Waals surface area contributed by atoms with Crippen LogP contribution in [0.15, 0.2) is 0 Å². The Morgan fingerprint density at radius 2 is 1.42 bits per heavy atom. The van der Waals surface area contributed by atoms with Crippen LogP contribution >= 0.6 is 0 Å². The van der Waals surface area contributed by atoms with Crippen molar-refractivity contribution < 1.29 is 0 Å². The van der Waals surface area contributed by atoms with Crippen molar-refractivity contribution in [2.75, 3.05) is 19.6 Å². The van der Waals surface area contributed by atoms with E-state index in [1.165, 1.54) is 32.4 Å². The molecule has 1 N–H and O–H groups in total. The van der Waals surface area contributed by atoms with E-state index in [9.17, 15) is 0 Å². The van der Waals surface area contributed by atoms with Gasteiger partial charge in [0.1, 0.15) is 0 Å². The Balaban J connectivity index is 4.83. The number of likely N-dealkylation sites (N-methyl/N-ethyl adjacent to an activating group) is 1. The van der Waals surface area contributed by atoms with Crippen molar-refractivity contribution >= 4 is 0 Å². The van der Waals surface area contributed by atoms with Crippen LogP contribution < -0.4 is 5.32 Å². The predicted octanol–water partition coefficient (Wildman–Crippen LogP) is 4.16. The maximum absolute atomic E-state index is 3.72. The molecular weight excluding hydrogens is 232 g/mol. The second kappa shape index (κ2) is 10.7. The van der Waals surface area contributed by atoms with Gasteiger partial charge in [-0.3, -0.25) is 4.90 Å². The van der Waals surface area contributed by atoms with E-state index in [0.29, 0.717) is 12.1 Å². The molecule has 0 aromatic carbocycles. The molecule has 0 saturated carbocycles. The van der Waals surface area contributed by atoms with Crippen LogP contribution in [0.5, 0.6) is 0 Å². The number of hydrogen-bond donors (Lipinski definition) is 1. The third kappa shape index (κ3) is 7.94. The van der Waals surface area contributed by atoms with Gasteiger partial charge in [-0.1, -0.05) is 54.9 Å². The molecular formula is C17H38N2. The van der Waals surface area contributed by atoms with E-state index in [4.69, 9.17) is 0 Å². The molecule has 0 aromatic heterocycles. The summed E-state index contributed by atoms with van der Waals surface area (Å²) in [4.78, 5) is 2.73. The Morgan fingerprint density at radius 1 is 0.895 bits per heavy atom. The van der Waals surface area contributed by atoms with E-state index in [1.54, 1.807) is 0 Å². The number of nitrogens with one attached hydrogen (secondary N) is 1. The van der Waals surface area contributed by atoms with E-state index < -0.39 is 0 Å². The van der Waals surface area contributed by atoms with Gasteiger partial charge >= 0.3 is 0 Å². The first-order valence-corrected chi connectivity index (χ1v) is 8.43. The highest BCUT2D eigenvalue weighted by atomic mass is 15.2. The lowest BCUT2D eigenvalue weighted by molar-refractivity contribution is 0.117. The van der Waals surface area contributed by atoms with Gasteiger partial charge in [-0.2, -0.15) is 0 Å². The summed E-state index contributed by atoms with van der Waals surface area (Å²) in [6.45, 7) is 19.7. The average molecular weight is 271 g/mol. The zero-order valence-corrected chi connectivity index (χ0v) is 14.5. The molecule has 0 heterocycles. The van der Waals surface area contributed by atoms with Gasteiger partial charge in [0.15, 0.2) is 0 Å². The maximum Gasteiger partial charge on any atom is 0.0246 e. The summed E-state index contributed by atoms with van der Waals surface area (Å²) in [6, 6.07) is 1.34. The second-order valence-corrected chi connectivity index (χ2v) is 6.67. The van der Waals surface area contributed by atoms with Gasteiger partial charge in [-0.25, -0.2) is 0 Å². The monoisotopic (exact) mass is 270 g/mol. The summed E-state index contributed by atoms with van der Waals surface area (Å²) in [5.74, 6) is 1.49. The van der Waals surface area contributed by atoms with Crippen LogP contribution in [0, 0.1) is 11.8 Å². The van der Waals surface area contributed by atoms with Gasteiger partial charge < -0.3 is 5.32 Å². The fourth-order valence-electron chi connectivity index (χ4n) is 3.08. The molecule has 0 aliphatic carbocycles. The third-order valence-corrected chi connectivity index (χ3v) is 3.62. The van der Waals surface area contributed by atoms with E-state index in [1.807, 2.05) is 0 Å². The molecule has 0 rings (SSSR count). The number of hydrogen-bond acceptors (Lipinski definition) is 2. The number of rotatable bonds is 11. The molecule has 0 spiro atoms. The first-order valence-electron chi connectivity index (χ1n) is 8.43. The highest BCUT2D eigenvalue weighted by molar-refractivity contribution is 4.84. The Morgan fingerprint density at radius 3 is 1.74 bits per heavy atom. The van der Waals surface area contributed by atoms with Crippen molar-refractivity contribution in [1.29, 1.82) is 0 Å². The van der Waals surface area contributed by atoms with Crippen LogP contribution in [0.4, 0.5) is 0 Å². The quantitative estimate of drug-likeness (QED) is 0.606. The SMILES string of the molecule is CCCC(NCC)C(CC)N(CC(C)C)CC(C)C. The van der Waals surface area contributed by atoms with Crippen LogP contribution in [0.2, 0.25) is 0 Å². The minimum absolute atomic E-state index is 0.650. The largest absolute Gasteiger partial charge is 0.313 e. The molecule has 0 saturated heterocycles. The zero-order chi connectivity index (χ0) is 14.8. The predicted molar refractivity (Wildman–Crippen MR) is 87.7 cm³/mol. The van der Waals surface area contributed by atoms with Gasteiger partial charge in [0.25, 0.3) is 0 Å². The van der Waals surface area contributed by atoms with Crippen LogP contribution in [0.3, 0.4) is 0 Å². The first kappa shape index (κ1) is 18.9. The number of nitrogens with zero attached hydrogens (tertiary/aromatic N) is 1. The van der Waals surface area contributed by atoms with Crippen LogP contribution in [0.25, 0.3) is 0 Å². The molecule has 2 atom stereocenters. The molecule has 0 radical (unpaired) electrons. The Kier molecular flexibility index (Phi) is 10.6. The van der Waals surface area contributed by atoms with Crippen molar-refractivity contribution in [2.24, 2.45) is 11.8 Å². The maximum atomic E-state index is 3.72. The molecule has 0 aliphatic heterocycles. The fraction of sp³-hybridized carbons (Fsp3) is 1.00. The van der Waals surface area contributed by atoms with Crippen molar-refractivity contribution in [3.05, 3.63) is 0 Å². The molecule has 0 amide bonds. The fourth-order valence-corrected chi connectivity index (χ4v) is 3.08. The van der Waals surface area contributed by atoms with E-state index in [2.05, 4.69) is 58.7 Å². The highest BCUT2D eigenvalue weighted by Crippen LogP contribution is 2.17. The van der Waals surface area contributed by atoms with Crippen molar-refractivity contribution in [2.45, 2.75) is 79.8 Å². The molecule has 2 heteroatoms. The van der Waals surface area contributed by atoms with Gasteiger partial charge in [-0.15, -0.1) is 0 Å². The molecule has 0 aromatic rings. The Labute approximate surface area is 122 Å². The molecule has 0 bridgehead atoms. The van der Waals surface area contributed by atoms with Gasteiger partial charge in [0.05, 0.1) is 0 Å². The zero-order valence-electron chi connectivity index (χ0n) is 14.5. The third-order valence-electron chi connectivity index (χ3n) is 3.62. The minimum Gasteiger partial charge on any atom is -0.313 e. The Hall–Kier alpha value is -0.0800. The molecule has 2 nitrogen and oxygen atoms in total. The molecule has 19 heavy (non-hydrogen) atoms. The second-order valence-electron chi connectivity index (χ2n) is 6.67. The molecule has 0 fully saturated rings. The molecule has 116 valence electrons. The van der Waals surface area contributed by atoms with Crippen LogP contribution in [0.1, 0.15) is 67.7 Å². The molecule has 0 aliphatic rings. The first-order chi connectivity index (χ1) is 8.96. The lowest BCUT2D eigenvalue weighted by Crippen LogP contribution is -2.51. The summed E-state index contributed by atoms with van der Waals surface area (Å²) in [7, 11) is 0. The summed E-state index contributed by atoms with van der Waals surface area (Å²) < 4.78 is 0. The van der Waals surface area contributed by atoms with Gasteiger partial charge in [0, 0.05) is 25.2 Å². The normalized spacial score (nSPS) is 15.5. The summed E-state index contributed by atoms with van der Waals surface area (Å²) in [6.07, 6.45) is 3.81. The minimum atomic E-state index is 0.650. The topological polar surface area (TPSA) is 15.3 Å². The van der Waals surface area contributed by atoms with E-state index in [0.717, 1.165) is 18.4 Å². The van der Waals surface area contributed by atoms with Crippen LogP contribution in [-0.2, 0) is 0 Å². The van der Waals surface area contributed by atoms with Crippen molar-refractivity contribution in [3.63, 3.8) is 0 Å². The lowest BCUT2D eigenvalue weighted by Gasteiger charge is -2.39. The highest BCUT2D eigenvalue weighted by Gasteiger charge is 2.25. The van der Waals surface area contributed by atoms with E-state index >= 15 is 0 Å². The standard InChI is InChI=1S/C17H38N2/c1-8-11-16(18-10-3)17(9-2)19(12-14(4)5)13-15(6)7/h14-18H,8-13H2,1-7H3.